The second-order valence-corrected chi connectivity index (χ2v) is 4.67. The predicted octanol–water partition coefficient (Wildman–Crippen LogP) is 4.23. The van der Waals surface area contributed by atoms with E-state index in [9.17, 15) is 4.39 Å². The molecule has 2 nitrogen and oxygen atoms in total. The number of aromatic nitrogens is 2. The van der Waals surface area contributed by atoms with Crippen molar-refractivity contribution in [1.29, 1.82) is 0 Å². The molecule has 1 aromatic carbocycles. The van der Waals surface area contributed by atoms with Gasteiger partial charge in [0.25, 0.3) is 0 Å². The summed E-state index contributed by atoms with van der Waals surface area (Å²) in [4.78, 5) is 0. The lowest BCUT2D eigenvalue weighted by atomic mass is 10.1. The summed E-state index contributed by atoms with van der Waals surface area (Å²) < 4.78 is 15.0. The van der Waals surface area contributed by atoms with Gasteiger partial charge in [0.15, 0.2) is 0 Å². The molecule has 90 valence electrons. The van der Waals surface area contributed by atoms with Crippen LogP contribution in [-0.2, 0) is 0 Å². The largest absolute Gasteiger partial charge is 0.265 e. The Morgan fingerprint density at radius 3 is 2.59 bits per heavy atom. The average Bonchev–Trinajstić information content (AvgIpc) is 2.56. The lowest BCUT2D eigenvalue weighted by Gasteiger charge is -2.06. The smallest absolute Gasteiger partial charge is 0.123 e. The molecule has 0 aliphatic heterocycles. The monoisotopic (exact) mass is 252 g/mol. The van der Waals surface area contributed by atoms with E-state index in [4.69, 9.17) is 11.6 Å². The van der Waals surface area contributed by atoms with Crippen molar-refractivity contribution in [1.82, 2.24) is 9.78 Å². The minimum absolute atomic E-state index is 0.231. The highest BCUT2D eigenvalue weighted by Crippen LogP contribution is 2.31. The summed E-state index contributed by atoms with van der Waals surface area (Å²) >= 11 is 6.24. The van der Waals surface area contributed by atoms with Crippen LogP contribution in [0.15, 0.2) is 24.3 Å². The first kappa shape index (κ1) is 12.1. The van der Waals surface area contributed by atoms with Crippen molar-refractivity contribution in [2.24, 2.45) is 0 Å². The second kappa shape index (κ2) is 4.49. The summed E-state index contributed by atoms with van der Waals surface area (Å²) in [5, 5.41) is 5.03. The van der Waals surface area contributed by atoms with Crippen molar-refractivity contribution in [2.45, 2.75) is 26.8 Å². The highest BCUT2D eigenvalue weighted by atomic mass is 35.5. The topological polar surface area (TPSA) is 17.8 Å². The highest BCUT2D eigenvalue weighted by molar-refractivity contribution is 6.33. The van der Waals surface area contributed by atoms with Crippen LogP contribution in [-0.4, -0.2) is 9.78 Å². The fraction of sp³-hybridized carbons (Fsp3) is 0.308. The van der Waals surface area contributed by atoms with Gasteiger partial charge in [-0.3, -0.25) is 4.68 Å². The van der Waals surface area contributed by atoms with Gasteiger partial charge in [0.05, 0.1) is 10.7 Å². The molecule has 0 atom stereocenters. The highest BCUT2D eigenvalue weighted by Gasteiger charge is 2.16. The Morgan fingerprint density at radius 1 is 1.35 bits per heavy atom. The van der Waals surface area contributed by atoms with Crippen LogP contribution in [0.1, 0.15) is 25.6 Å². The molecule has 0 radical (unpaired) electrons. The van der Waals surface area contributed by atoms with E-state index >= 15 is 0 Å². The average molecular weight is 253 g/mol. The first-order chi connectivity index (χ1) is 8.00. The lowest BCUT2D eigenvalue weighted by molar-refractivity contribution is 0.520. The van der Waals surface area contributed by atoms with Crippen LogP contribution in [0.3, 0.4) is 0 Å². The SMILES string of the molecule is Cc1c(Cl)c(-c2cccc(F)c2)nn1C(C)C. The summed E-state index contributed by atoms with van der Waals surface area (Å²) in [7, 11) is 0. The summed E-state index contributed by atoms with van der Waals surface area (Å²) in [6, 6.07) is 6.54. The molecule has 0 spiro atoms. The Bertz CT molecular complexity index is 546. The molecule has 17 heavy (non-hydrogen) atoms. The van der Waals surface area contributed by atoms with Gasteiger partial charge in [-0.15, -0.1) is 0 Å². The number of hydrogen-bond donors (Lipinski definition) is 0. The standard InChI is InChI=1S/C13H14ClFN2/c1-8(2)17-9(3)12(14)13(16-17)10-5-4-6-11(15)7-10/h4-8H,1-3H3. The van der Waals surface area contributed by atoms with Gasteiger partial charge in [-0.2, -0.15) is 5.10 Å². The number of halogens is 2. The van der Waals surface area contributed by atoms with Crippen LogP contribution in [0.25, 0.3) is 11.3 Å². The number of nitrogens with zero attached hydrogens (tertiary/aromatic N) is 2. The Morgan fingerprint density at radius 2 is 2.06 bits per heavy atom. The third-order valence-electron chi connectivity index (χ3n) is 2.66. The van der Waals surface area contributed by atoms with E-state index in [1.807, 2.05) is 25.5 Å². The minimum atomic E-state index is -0.282. The van der Waals surface area contributed by atoms with Crippen molar-refractivity contribution < 1.29 is 4.39 Å². The molecule has 4 heteroatoms. The molecule has 0 aliphatic rings. The molecule has 0 bridgehead atoms. The van der Waals surface area contributed by atoms with Gasteiger partial charge in [-0.25, -0.2) is 4.39 Å². The number of rotatable bonds is 2. The van der Waals surface area contributed by atoms with E-state index in [-0.39, 0.29) is 11.9 Å². The Kier molecular flexibility index (Phi) is 3.20. The van der Waals surface area contributed by atoms with Crippen LogP contribution in [0.4, 0.5) is 4.39 Å². The van der Waals surface area contributed by atoms with Gasteiger partial charge in [-0.1, -0.05) is 23.7 Å². The van der Waals surface area contributed by atoms with E-state index in [0.29, 0.717) is 16.3 Å². The molecule has 0 N–H and O–H groups in total. The number of benzene rings is 1. The first-order valence-corrected chi connectivity index (χ1v) is 5.89. The fourth-order valence-corrected chi connectivity index (χ4v) is 2.06. The maximum Gasteiger partial charge on any atom is 0.123 e. The van der Waals surface area contributed by atoms with E-state index in [0.717, 1.165) is 5.69 Å². The lowest BCUT2D eigenvalue weighted by Crippen LogP contribution is -2.04. The third kappa shape index (κ3) is 2.20. The maximum atomic E-state index is 13.2. The van der Waals surface area contributed by atoms with Gasteiger partial charge in [0.1, 0.15) is 11.5 Å². The molecule has 0 saturated heterocycles. The molecular formula is C13H14ClFN2. The van der Waals surface area contributed by atoms with Crippen LogP contribution in [0.2, 0.25) is 5.02 Å². The fourth-order valence-electron chi connectivity index (χ4n) is 1.82. The number of hydrogen-bond acceptors (Lipinski definition) is 1. The second-order valence-electron chi connectivity index (χ2n) is 4.30. The van der Waals surface area contributed by atoms with Crippen molar-refractivity contribution in [2.75, 3.05) is 0 Å². The van der Waals surface area contributed by atoms with Crippen LogP contribution in [0, 0.1) is 12.7 Å². The van der Waals surface area contributed by atoms with Crippen molar-refractivity contribution in [3.8, 4) is 11.3 Å². The summed E-state index contributed by atoms with van der Waals surface area (Å²) in [6.07, 6.45) is 0. The Labute approximate surface area is 105 Å². The van der Waals surface area contributed by atoms with Crippen LogP contribution < -0.4 is 0 Å². The van der Waals surface area contributed by atoms with Crippen molar-refractivity contribution >= 4 is 11.6 Å². The molecule has 1 heterocycles. The van der Waals surface area contributed by atoms with Gasteiger partial charge in [0.2, 0.25) is 0 Å². The van der Waals surface area contributed by atoms with Gasteiger partial charge in [0, 0.05) is 11.6 Å². The van der Waals surface area contributed by atoms with Gasteiger partial charge >= 0.3 is 0 Å². The predicted molar refractivity (Wildman–Crippen MR) is 67.8 cm³/mol. The zero-order valence-corrected chi connectivity index (χ0v) is 10.8. The Hall–Kier alpha value is -1.35. The van der Waals surface area contributed by atoms with Crippen molar-refractivity contribution in [3.63, 3.8) is 0 Å². The van der Waals surface area contributed by atoms with E-state index in [1.165, 1.54) is 12.1 Å². The molecule has 0 unspecified atom stereocenters. The molecule has 1 aromatic heterocycles. The summed E-state index contributed by atoms with van der Waals surface area (Å²) in [5.41, 5.74) is 2.25. The molecule has 0 saturated carbocycles. The van der Waals surface area contributed by atoms with Crippen LogP contribution >= 0.6 is 11.6 Å². The minimum Gasteiger partial charge on any atom is -0.265 e. The summed E-state index contributed by atoms with van der Waals surface area (Å²) in [5.74, 6) is -0.282. The van der Waals surface area contributed by atoms with Crippen LogP contribution in [0.5, 0.6) is 0 Å². The van der Waals surface area contributed by atoms with E-state index in [2.05, 4.69) is 5.10 Å². The maximum absolute atomic E-state index is 13.2. The zero-order chi connectivity index (χ0) is 12.6. The van der Waals surface area contributed by atoms with Crippen molar-refractivity contribution in [3.05, 3.63) is 40.8 Å². The molecule has 0 fully saturated rings. The molecular weight excluding hydrogens is 239 g/mol. The van der Waals surface area contributed by atoms with E-state index in [1.54, 1.807) is 12.1 Å². The Balaban J connectivity index is 2.57. The first-order valence-electron chi connectivity index (χ1n) is 5.51. The molecule has 0 amide bonds. The zero-order valence-electron chi connectivity index (χ0n) is 10.0. The summed E-state index contributed by atoms with van der Waals surface area (Å²) in [6.45, 7) is 5.98. The quantitative estimate of drug-likeness (QED) is 0.782. The van der Waals surface area contributed by atoms with Gasteiger partial charge < -0.3 is 0 Å². The molecule has 2 rings (SSSR count). The third-order valence-corrected chi connectivity index (χ3v) is 3.12. The normalized spacial score (nSPS) is 11.2. The molecule has 2 aromatic rings. The molecule has 0 aliphatic carbocycles. The van der Waals surface area contributed by atoms with E-state index < -0.39 is 0 Å². The van der Waals surface area contributed by atoms with Gasteiger partial charge in [-0.05, 0) is 32.9 Å².